The zero-order valence-electron chi connectivity index (χ0n) is 10.6. The summed E-state index contributed by atoms with van der Waals surface area (Å²) in [5.74, 6) is 0.495. The van der Waals surface area contributed by atoms with Crippen LogP contribution in [0, 0.1) is 5.92 Å². The van der Waals surface area contributed by atoms with Crippen molar-refractivity contribution in [3.63, 3.8) is 0 Å². The highest BCUT2D eigenvalue weighted by atomic mass is 35.5. The number of hydrogen-bond donors (Lipinski definition) is 2. The second-order valence-electron chi connectivity index (χ2n) is 5.03. The summed E-state index contributed by atoms with van der Waals surface area (Å²) in [6.07, 6.45) is 6.51. The first-order chi connectivity index (χ1) is 9.06. The first kappa shape index (κ1) is 14.5. The van der Waals surface area contributed by atoms with Gasteiger partial charge in [-0.3, -0.25) is 4.79 Å². The molecule has 0 aromatic heterocycles. The van der Waals surface area contributed by atoms with Crippen molar-refractivity contribution in [3.8, 4) is 5.75 Å². The maximum absolute atomic E-state index is 11.8. The molecule has 2 N–H and O–H groups in total. The maximum atomic E-state index is 11.8. The first-order valence-electron chi connectivity index (χ1n) is 6.54. The number of benzene rings is 1. The van der Waals surface area contributed by atoms with E-state index in [2.05, 4.69) is 5.32 Å². The van der Waals surface area contributed by atoms with Crippen molar-refractivity contribution in [1.82, 2.24) is 0 Å². The molecule has 0 spiro atoms. The molecule has 1 aliphatic carbocycles. The van der Waals surface area contributed by atoms with Crippen LogP contribution in [0.1, 0.15) is 38.5 Å². The Labute approximate surface area is 122 Å². The number of nitrogens with one attached hydrogen (secondary N) is 1. The van der Waals surface area contributed by atoms with E-state index in [1.165, 1.54) is 37.8 Å². The fourth-order valence-electron chi connectivity index (χ4n) is 2.50. The van der Waals surface area contributed by atoms with Gasteiger partial charge in [0.05, 0.1) is 10.0 Å². The van der Waals surface area contributed by atoms with E-state index in [-0.39, 0.29) is 21.7 Å². The number of carbonyl (C=O) groups excluding carboxylic acids is 1. The second-order valence-corrected chi connectivity index (χ2v) is 5.84. The summed E-state index contributed by atoms with van der Waals surface area (Å²) >= 11 is 11.6. The molecule has 0 atom stereocenters. The van der Waals surface area contributed by atoms with Gasteiger partial charge in [0, 0.05) is 12.1 Å². The third-order valence-corrected chi connectivity index (χ3v) is 4.13. The Morgan fingerprint density at radius 3 is 2.42 bits per heavy atom. The highest BCUT2D eigenvalue weighted by Gasteiger charge is 2.16. The molecule has 0 bridgehead atoms. The molecular formula is C14H17Cl2NO2. The van der Waals surface area contributed by atoms with E-state index < -0.39 is 0 Å². The van der Waals surface area contributed by atoms with Crippen molar-refractivity contribution in [1.29, 1.82) is 0 Å². The quantitative estimate of drug-likeness (QED) is 0.798. The Morgan fingerprint density at radius 2 is 1.84 bits per heavy atom. The largest absolute Gasteiger partial charge is 0.505 e. The molecule has 0 radical (unpaired) electrons. The van der Waals surface area contributed by atoms with Crippen LogP contribution in [0.25, 0.3) is 0 Å². The molecule has 0 heterocycles. The van der Waals surface area contributed by atoms with Gasteiger partial charge in [-0.05, 0) is 24.5 Å². The van der Waals surface area contributed by atoms with E-state index in [0.29, 0.717) is 18.0 Å². The maximum Gasteiger partial charge on any atom is 0.224 e. The molecule has 1 aromatic carbocycles. The van der Waals surface area contributed by atoms with Crippen LogP contribution >= 0.6 is 23.2 Å². The van der Waals surface area contributed by atoms with Gasteiger partial charge in [-0.1, -0.05) is 48.9 Å². The number of hydrogen-bond acceptors (Lipinski definition) is 2. The molecule has 0 aliphatic heterocycles. The highest BCUT2D eigenvalue weighted by molar-refractivity contribution is 6.37. The fraction of sp³-hybridized carbons (Fsp3) is 0.500. The third kappa shape index (κ3) is 4.02. The van der Waals surface area contributed by atoms with Crippen LogP contribution < -0.4 is 5.32 Å². The van der Waals surface area contributed by atoms with Gasteiger partial charge in [0.25, 0.3) is 0 Å². The molecule has 1 fully saturated rings. The summed E-state index contributed by atoms with van der Waals surface area (Å²) in [6.45, 7) is 0. The van der Waals surface area contributed by atoms with E-state index in [4.69, 9.17) is 23.2 Å². The Balaban J connectivity index is 1.87. The average Bonchev–Trinajstić information content (AvgIpc) is 2.86. The number of amides is 1. The number of anilines is 1. The minimum absolute atomic E-state index is 0.0373. The van der Waals surface area contributed by atoms with Crippen molar-refractivity contribution in [2.75, 3.05) is 5.32 Å². The number of halogens is 2. The van der Waals surface area contributed by atoms with Gasteiger partial charge in [-0.15, -0.1) is 0 Å². The van der Waals surface area contributed by atoms with Crippen molar-refractivity contribution in [3.05, 3.63) is 22.2 Å². The lowest BCUT2D eigenvalue weighted by Crippen LogP contribution is -2.12. The zero-order valence-corrected chi connectivity index (χ0v) is 12.1. The van der Waals surface area contributed by atoms with Crippen LogP contribution in [0.4, 0.5) is 5.69 Å². The summed E-state index contributed by atoms with van der Waals surface area (Å²) in [7, 11) is 0. The van der Waals surface area contributed by atoms with E-state index in [1.54, 1.807) is 0 Å². The molecule has 3 nitrogen and oxygen atoms in total. The lowest BCUT2D eigenvalue weighted by atomic mass is 10.0. The predicted octanol–water partition coefficient (Wildman–Crippen LogP) is 4.61. The summed E-state index contributed by atoms with van der Waals surface area (Å²) in [4.78, 5) is 11.8. The van der Waals surface area contributed by atoms with Crippen LogP contribution in [0.2, 0.25) is 10.0 Å². The van der Waals surface area contributed by atoms with Gasteiger partial charge in [0.2, 0.25) is 5.91 Å². The standard InChI is InChI=1S/C14H17Cl2NO2/c15-11-7-10(8-12(16)14(11)19)17-13(18)6-5-9-3-1-2-4-9/h7-9,19H,1-6H2,(H,17,18). The second kappa shape index (κ2) is 6.49. The van der Waals surface area contributed by atoms with E-state index >= 15 is 0 Å². The van der Waals surface area contributed by atoms with Gasteiger partial charge in [0.1, 0.15) is 0 Å². The zero-order chi connectivity index (χ0) is 13.8. The van der Waals surface area contributed by atoms with E-state index in [0.717, 1.165) is 6.42 Å². The molecule has 0 saturated heterocycles. The Hall–Kier alpha value is -0.930. The number of phenolic OH excluding ortho intramolecular Hbond substituents is 1. The summed E-state index contributed by atoms with van der Waals surface area (Å²) in [6, 6.07) is 2.99. The van der Waals surface area contributed by atoms with Crippen LogP contribution in [0.5, 0.6) is 5.75 Å². The van der Waals surface area contributed by atoms with E-state index in [9.17, 15) is 9.90 Å². The molecule has 0 unspecified atom stereocenters. The van der Waals surface area contributed by atoms with Crippen LogP contribution in [-0.2, 0) is 4.79 Å². The molecule has 1 saturated carbocycles. The topological polar surface area (TPSA) is 49.3 Å². The number of rotatable bonds is 4. The number of carbonyl (C=O) groups is 1. The summed E-state index contributed by atoms with van der Waals surface area (Å²) in [5.41, 5.74) is 0.518. The minimum Gasteiger partial charge on any atom is -0.505 e. The number of phenols is 1. The molecule has 5 heteroatoms. The van der Waals surface area contributed by atoms with Gasteiger partial charge < -0.3 is 10.4 Å². The average molecular weight is 302 g/mol. The summed E-state index contributed by atoms with van der Waals surface area (Å²) < 4.78 is 0. The third-order valence-electron chi connectivity index (χ3n) is 3.56. The minimum atomic E-state index is -0.160. The molecular weight excluding hydrogens is 285 g/mol. The molecule has 104 valence electrons. The summed E-state index contributed by atoms with van der Waals surface area (Å²) in [5, 5.41) is 12.5. The first-order valence-corrected chi connectivity index (χ1v) is 7.29. The normalized spacial score (nSPS) is 15.7. The van der Waals surface area contributed by atoms with E-state index in [1.807, 2.05) is 0 Å². The van der Waals surface area contributed by atoms with Crippen molar-refractivity contribution in [2.45, 2.75) is 38.5 Å². The Bertz CT molecular complexity index is 448. The fourth-order valence-corrected chi connectivity index (χ4v) is 2.98. The monoisotopic (exact) mass is 301 g/mol. The lowest BCUT2D eigenvalue weighted by Gasteiger charge is -2.10. The van der Waals surface area contributed by atoms with Crippen LogP contribution in [0.15, 0.2) is 12.1 Å². The van der Waals surface area contributed by atoms with Crippen molar-refractivity contribution < 1.29 is 9.90 Å². The van der Waals surface area contributed by atoms with Gasteiger partial charge in [0.15, 0.2) is 5.75 Å². The smallest absolute Gasteiger partial charge is 0.224 e. The lowest BCUT2D eigenvalue weighted by molar-refractivity contribution is -0.116. The Kier molecular flexibility index (Phi) is 4.94. The predicted molar refractivity (Wildman–Crippen MR) is 77.9 cm³/mol. The molecule has 1 aliphatic rings. The number of aromatic hydroxyl groups is 1. The van der Waals surface area contributed by atoms with Gasteiger partial charge in [-0.2, -0.15) is 0 Å². The molecule has 1 amide bonds. The SMILES string of the molecule is O=C(CCC1CCCC1)Nc1cc(Cl)c(O)c(Cl)c1. The van der Waals surface area contributed by atoms with Crippen molar-refractivity contribution in [2.24, 2.45) is 5.92 Å². The molecule has 1 aromatic rings. The molecule has 2 rings (SSSR count). The highest BCUT2D eigenvalue weighted by Crippen LogP contribution is 2.34. The van der Waals surface area contributed by atoms with Gasteiger partial charge >= 0.3 is 0 Å². The van der Waals surface area contributed by atoms with Crippen molar-refractivity contribution >= 4 is 34.8 Å². The van der Waals surface area contributed by atoms with Crippen LogP contribution in [0.3, 0.4) is 0 Å². The van der Waals surface area contributed by atoms with Crippen LogP contribution in [-0.4, -0.2) is 11.0 Å². The Morgan fingerprint density at radius 1 is 1.26 bits per heavy atom. The van der Waals surface area contributed by atoms with Gasteiger partial charge in [-0.25, -0.2) is 0 Å². The molecule has 19 heavy (non-hydrogen) atoms.